The lowest BCUT2D eigenvalue weighted by Gasteiger charge is -2.10. The van der Waals surface area contributed by atoms with Crippen molar-refractivity contribution < 1.29 is 4.39 Å². The highest BCUT2D eigenvalue weighted by Crippen LogP contribution is 2.32. The van der Waals surface area contributed by atoms with Crippen molar-refractivity contribution in [2.24, 2.45) is 0 Å². The molecule has 0 radical (unpaired) electrons. The largest absolute Gasteiger partial charge is 0.349 e. The van der Waals surface area contributed by atoms with Gasteiger partial charge in [-0.3, -0.25) is 0 Å². The summed E-state index contributed by atoms with van der Waals surface area (Å²) in [6.45, 7) is 0. The van der Waals surface area contributed by atoms with Gasteiger partial charge in [0, 0.05) is 28.1 Å². The number of aromatic amines is 1. The summed E-state index contributed by atoms with van der Waals surface area (Å²) in [5, 5.41) is 0. The second kappa shape index (κ2) is 5.10. The zero-order chi connectivity index (χ0) is 11.5. The minimum absolute atomic E-state index is 0.0312. The zero-order valence-electron chi connectivity index (χ0n) is 8.25. The van der Waals surface area contributed by atoms with Crippen LogP contribution in [0.5, 0.6) is 0 Å². The molecule has 0 saturated carbocycles. The van der Waals surface area contributed by atoms with E-state index < -0.39 is 0 Å². The highest BCUT2D eigenvalue weighted by molar-refractivity contribution is 9.11. The Morgan fingerprint density at radius 2 is 2.25 bits per heavy atom. The molecule has 0 bridgehead atoms. The van der Waals surface area contributed by atoms with Crippen LogP contribution in [0.25, 0.3) is 0 Å². The van der Waals surface area contributed by atoms with Crippen LogP contribution in [-0.2, 0) is 6.42 Å². The van der Waals surface area contributed by atoms with E-state index in [4.69, 9.17) is 0 Å². The maximum absolute atomic E-state index is 13.1. The van der Waals surface area contributed by atoms with Gasteiger partial charge in [0.1, 0.15) is 11.6 Å². The Hall–Kier alpha value is -0.680. The first-order chi connectivity index (χ1) is 7.66. The van der Waals surface area contributed by atoms with E-state index in [1.54, 1.807) is 18.5 Å². The number of H-pyrrole nitrogens is 1. The van der Waals surface area contributed by atoms with E-state index in [2.05, 4.69) is 41.8 Å². The first-order valence-corrected chi connectivity index (χ1v) is 6.45. The molecular formula is C11H9Br2FN2. The summed E-state index contributed by atoms with van der Waals surface area (Å²) in [6, 6.07) is 4.66. The molecular weight excluding hydrogens is 339 g/mol. The third-order valence-corrected chi connectivity index (χ3v) is 3.76. The summed E-state index contributed by atoms with van der Waals surface area (Å²) < 4.78 is 14.0. The number of halogens is 3. The standard InChI is InChI=1S/C11H9Br2FN2/c12-9-2-1-7(14)5-8(9)10(13)6-11-15-3-4-16-11/h1-5,10H,6H2,(H,15,16). The molecule has 1 unspecified atom stereocenters. The van der Waals surface area contributed by atoms with Crippen LogP contribution < -0.4 is 0 Å². The molecule has 0 aliphatic heterocycles. The lowest BCUT2D eigenvalue weighted by atomic mass is 10.1. The molecule has 2 nitrogen and oxygen atoms in total. The number of alkyl halides is 1. The molecule has 1 heterocycles. The minimum Gasteiger partial charge on any atom is -0.349 e. The normalized spacial score (nSPS) is 12.7. The monoisotopic (exact) mass is 346 g/mol. The summed E-state index contributed by atoms with van der Waals surface area (Å²) in [6.07, 6.45) is 4.17. The van der Waals surface area contributed by atoms with Gasteiger partial charge < -0.3 is 4.98 Å². The number of imidazole rings is 1. The molecule has 0 spiro atoms. The number of hydrogen-bond acceptors (Lipinski definition) is 1. The second-order valence-electron chi connectivity index (χ2n) is 3.37. The number of hydrogen-bond donors (Lipinski definition) is 1. The molecule has 5 heteroatoms. The number of nitrogens with zero attached hydrogens (tertiary/aromatic N) is 1. The van der Waals surface area contributed by atoms with Crippen molar-refractivity contribution in [3.8, 4) is 0 Å². The van der Waals surface area contributed by atoms with Crippen molar-refractivity contribution in [2.75, 3.05) is 0 Å². The maximum Gasteiger partial charge on any atom is 0.123 e. The van der Waals surface area contributed by atoms with Gasteiger partial charge in [0.15, 0.2) is 0 Å². The lowest BCUT2D eigenvalue weighted by Crippen LogP contribution is -1.99. The van der Waals surface area contributed by atoms with Crippen LogP contribution in [0.4, 0.5) is 4.39 Å². The quantitative estimate of drug-likeness (QED) is 0.835. The van der Waals surface area contributed by atoms with Crippen molar-refractivity contribution in [1.82, 2.24) is 9.97 Å². The van der Waals surface area contributed by atoms with Gasteiger partial charge in [-0.2, -0.15) is 0 Å². The highest BCUT2D eigenvalue weighted by Gasteiger charge is 2.13. The van der Waals surface area contributed by atoms with Crippen molar-refractivity contribution in [2.45, 2.75) is 11.2 Å². The molecule has 0 fully saturated rings. The van der Waals surface area contributed by atoms with Gasteiger partial charge in [-0.05, 0) is 23.8 Å². The van der Waals surface area contributed by atoms with Crippen LogP contribution in [0.3, 0.4) is 0 Å². The van der Waals surface area contributed by atoms with Crippen LogP contribution in [0.15, 0.2) is 35.1 Å². The van der Waals surface area contributed by atoms with Gasteiger partial charge >= 0.3 is 0 Å². The van der Waals surface area contributed by atoms with Crippen molar-refractivity contribution in [1.29, 1.82) is 0 Å². The van der Waals surface area contributed by atoms with Gasteiger partial charge in [0.05, 0.1) is 0 Å². The summed E-state index contributed by atoms with van der Waals surface area (Å²) >= 11 is 6.94. The summed E-state index contributed by atoms with van der Waals surface area (Å²) in [7, 11) is 0. The van der Waals surface area contributed by atoms with Gasteiger partial charge in [-0.25, -0.2) is 9.37 Å². The SMILES string of the molecule is Fc1ccc(Br)c(C(Br)Cc2ncc[nH]2)c1. The molecule has 16 heavy (non-hydrogen) atoms. The summed E-state index contributed by atoms with van der Waals surface area (Å²) in [4.78, 5) is 7.19. The topological polar surface area (TPSA) is 28.7 Å². The Bertz CT molecular complexity index is 471. The second-order valence-corrected chi connectivity index (χ2v) is 5.33. The van der Waals surface area contributed by atoms with Crippen molar-refractivity contribution in [3.63, 3.8) is 0 Å². The van der Waals surface area contributed by atoms with E-state index in [1.165, 1.54) is 12.1 Å². The summed E-state index contributed by atoms with van der Waals surface area (Å²) in [5.41, 5.74) is 0.886. The van der Waals surface area contributed by atoms with E-state index in [0.717, 1.165) is 15.9 Å². The average molecular weight is 348 g/mol. The minimum atomic E-state index is -0.234. The number of benzene rings is 1. The first kappa shape index (κ1) is 11.8. The van der Waals surface area contributed by atoms with Crippen LogP contribution in [-0.4, -0.2) is 9.97 Å². The van der Waals surface area contributed by atoms with Gasteiger partial charge in [0.25, 0.3) is 0 Å². The number of nitrogens with one attached hydrogen (secondary N) is 1. The highest BCUT2D eigenvalue weighted by atomic mass is 79.9. The molecule has 1 aromatic carbocycles. The van der Waals surface area contributed by atoms with Gasteiger partial charge in [0.2, 0.25) is 0 Å². The molecule has 0 amide bonds. The van der Waals surface area contributed by atoms with Crippen LogP contribution in [0.2, 0.25) is 0 Å². The third-order valence-electron chi connectivity index (χ3n) is 2.22. The van der Waals surface area contributed by atoms with Crippen molar-refractivity contribution in [3.05, 3.63) is 52.3 Å². The molecule has 1 N–H and O–H groups in total. The lowest BCUT2D eigenvalue weighted by molar-refractivity contribution is 0.624. The first-order valence-electron chi connectivity index (χ1n) is 4.74. The molecule has 2 rings (SSSR count). The van der Waals surface area contributed by atoms with E-state index in [-0.39, 0.29) is 10.6 Å². The van der Waals surface area contributed by atoms with Gasteiger partial charge in [-0.15, -0.1) is 0 Å². The molecule has 0 aliphatic rings. The molecule has 0 saturated heterocycles. The van der Waals surface area contributed by atoms with Crippen LogP contribution >= 0.6 is 31.9 Å². The average Bonchev–Trinajstić information content (AvgIpc) is 2.74. The fraction of sp³-hybridized carbons (Fsp3) is 0.182. The smallest absolute Gasteiger partial charge is 0.123 e. The Morgan fingerprint density at radius 1 is 1.44 bits per heavy atom. The molecule has 1 atom stereocenters. The Labute approximate surface area is 110 Å². The van der Waals surface area contributed by atoms with E-state index in [9.17, 15) is 4.39 Å². The fourth-order valence-corrected chi connectivity index (χ4v) is 2.96. The maximum atomic E-state index is 13.1. The molecule has 1 aromatic heterocycles. The predicted octanol–water partition coefficient (Wildman–Crippen LogP) is 3.99. The Balaban J connectivity index is 2.20. The van der Waals surface area contributed by atoms with E-state index in [1.807, 2.05) is 0 Å². The van der Waals surface area contributed by atoms with Crippen molar-refractivity contribution >= 4 is 31.9 Å². The third kappa shape index (κ3) is 2.71. The number of aromatic nitrogens is 2. The molecule has 2 aromatic rings. The Morgan fingerprint density at radius 3 is 2.94 bits per heavy atom. The molecule has 84 valence electrons. The number of rotatable bonds is 3. The molecule has 0 aliphatic carbocycles. The van der Waals surface area contributed by atoms with Gasteiger partial charge in [-0.1, -0.05) is 31.9 Å². The van der Waals surface area contributed by atoms with Crippen LogP contribution in [0, 0.1) is 5.82 Å². The summed E-state index contributed by atoms with van der Waals surface area (Å²) in [5.74, 6) is 0.639. The predicted molar refractivity (Wildman–Crippen MR) is 68.1 cm³/mol. The Kier molecular flexibility index (Phi) is 3.76. The zero-order valence-corrected chi connectivity index (χ0v) is 11.4. The van der Waals surface area contributed by atoms with Crippen LogP contribution in [0.1, 0.15) is 16.2 Å². The van der Waals surface area contributed by atoms with E-state index in [0.29, 0.717) is 6.42 Å². The fourth-order valence-electron chi connectivity index (χ4n) is 1.44. The van der Waals surface area contributed by atoms with E-state index >= 15 is 0 Å².